The molecule has 1 aliphatic carbocycles. The molecule has 31 heavy (non-hydrogen) atoms. The quantitative estimate of drug-likeness (QED) is 0.557. The fourth-order valence-corrected chi connectivity index (χ4v) is 6.33. The van der Waals surface area contributed by atoms with Crippen molar-refractivity contribution in [3.63, 3.8) is 0 Å². The van der Waals surface area contributed by atoms with Crippen molar-refractivity contribution in [2.24, 2.45) is 5.92 Å². The first kappa shape index (κ1) is 20.8. The van der Waals surface area contributed by atoms with Gasteiger partial charge in [-0.15, -0.1) is 10.2 Å². The molecule has 3 aromatic rings. The summed E-state index contributed by atoms with van der Waals surface area (Å²) in [5.41, 5.74) is 2.45. The monoisotopic (exact) mass is 447 g/mol. The second kappa shape index (κ2) is 8.45. The van der Waals surface area contributed by atoms with Crippen molar-refractivity contribution in [1.82, 2.24) is 34.2 Å². The summed E-state index contributed by atoms with van der Waals surface area (Å²) in [7, 11) is -3.35. The molecule has 0 unspecified atom stereocenters. The van der Waals surface area contributed by atoms with Crippen LogP contribution in [0.4, 0.5) is 0 Å². The summed E-state index contributed by atoms with van der Waals surface area (Å²) in [6.07, 6.45) is 6.08. The minimum Gasteiger partial charge on any atom is -0.379 e. The molecule has 5 rings (SSSR count). The number of nitrogens with zero attached hydrogens (tertiary/aromatic N) is 5. The van der Waals surface area contributed by atoms with E-state index in [1.807, 2.05) is 12.3 Å². The summed E-state index contributed by atoms with van der Waals surface area (Å²) in [4.78, 5) is 9.67. The van der Waals surface area contributed by atoms with Gasteiger partial charge in [-0.2, -0.15) is 0 Å². The highest BCUT2D eigenvalue weighted by Crippen LogP contribution is 2.41. The zero-order valence-electron chi connectivity index (χ0n) is 17.7. The van der Waals surface area contributed by atoms with Gasteiger partial charge in [0.1, 0.15) is 5.82 Å². The van der Waals surface area contributed by atoms with Gasteiger partial charge in [0, 0.05) is 37.8 Å². The van der Waals surface area contributed by atoms with E-state index >= 15 is 0 Å². The molecule has 0 radical (unpaired) electrons. The van der Waals surface area contributed by atoms with Crippen molar-refractivity contribution in [2.75, 3.05) is 38.6 Å². The summed E-state index contributed by atoms with van der Waals surface area (Å²) < 4.78 is 35.9. The van der Waals surface area contributed by atoms with Crippen LogP contribution in [0.5, 0.6) is 0 Å². The Morgan fingerprint density at radius 3 is 2.90 bits per heavy atom. The molecule has 10 nitrogen and oxygen atoms in total. The number of hydrogen-bond donors (Lipinski definition) is 2. The van der Waals surface area contributed by atoms with E-state index in [-0.39, 0.29) is 17.7 Å². The van der Waals surface area contributed by atoms with Crippen molar-refractivity contribution in [3.05, 3.63) is 24.3 Å². The predicted molar refractivity (Wildman–Crippen MR) is 116 cm³/mol. The van der Waals surface area contributed by atoms with E-state index in [9.17, 15) is 8.42 Å². The molecule has 3 atom stereocenters. The molecular weight excluding hydrogens is 418 g/mol. The van der Waals surface area contributed by atoms with Crippen molar-refractivity contribution in [3.8, 4) is 0 Å². The van der Waals surface area contributed by atoms with Gasteiger partial charge in [0.05, 0.1) is 30.7 Å². The highest BCUT2D eigenvalue weighted by atomic mass is 32.2. The Kier molecular flexibility index (Phi) is 5.67. The minimum absolute atomic E-state index is 0.0828. The van der Waals surface area contributed by atoms with Crippen LogP contribution < -0.4 is 4.72 Å². The fraction of sp³-hybridized carbons (Fsp3) is 0.650. The Morgan fingerprint density at radius 1 is 1.26 bits per heavy atom. The number of H-pyrrole nitrogens is 1. The highest BCUT2D eigenvalue weighted by molar-refractivity contribution is 7.89. The van der Waals surface area contributed by atoms with Crippen LogP contribution in [-0.2, 0) is 14.8 Å². The zero-order chi connectivity index (χ0) is 21.4. The molecule has 0 amide bonds. The molecule has 168 valence electrons. The van der Waals surface area contributed by atoms with Gasteiger partial charge in [0.15, 0.2) is 11.3 Å². The molecule has 11 heteroatoms. The number of fused-ring (bicyclic) bond motifs is 3. The van der Waals surface area contributed by atoms with Gasteiger partial charge in [-0.3, -0.25) is 9.30 Å². The van der Waals surface area contributed by atoms with E-state index < -0.39 is 10.0 Å². The van der Waals surface area contributed by atoms with Crippen LogP contribution in [0.1, 0.15) is 37.9 Å². The molecule has 3 aromatic heterocycles. The van der Waals surface area contributed by atoms with Gasteiger partial charge >= 0.3 is 0 Å². The minimum atomic E-state index is -3.35. The summed E-state index contributed by atoms with van der Waals surface area (Å²) in [6, 6.07) is 1.89. The second-order valence-corrected chi connectivity index (χ2v) is 10.4. The number of rotatable bonds is 7. The average molecular weight is 448 g/mol. The van der Waals surface area contributed by atoms with Crippen molar-refractivity contribution >= 4 is 26.8 Å². The number of aromatic nitrogens is 5. The van der Waals surface area contributed by atoms with Crippen molar-refractivity contribution in [1.29, 1.82) is 0 Å². The van der Waals surface area contributed by atoms with Gasteiger partial charge in [-0.25, -0.2) is 18.1 Å². The Balaban J connectivity index is 1.32. The number of sulfonamides is 1. The van der Waals surface area contributed by atoms with E-state index in [0.717, 1.165) is 49.3 Å². The molecule has 1 aliphatic heterocycles. The molecule has 4 heterocycles. The van der Waals surface area contributed by atoms with E-state index in [1.54, 1.807) is 6.20 Å². The van der Waals surface area contributed by atoms with Crippen LogP contribution in [0.2, 0.25) is 0 Å². The van der Waals surface area contributed by atoms with Gasteiger partial charge in [0.25, 0.3) is 0 Å². The predicted octanol–water partition coefficient (Wildman–Crippen LogP) is 1.13. The fourth-order valence-electron chi connectivity index (χ4n) is 5.01. The van der Waals surface area contributed by atoms with Gasteiger partial charge < -0.3 is 9.72 Å². The summed E-state index contributed by atoms with van der Waals surface area (Å²) in [5.74, 6) is 1.51. The first-order valence-corrected chi connectivity index (χ1v) is 12.7. The molecule has 1 saturated carbocycles. The third-order valence-corrected chi connectivity index (χ3v) is 8.06. The third kappa shape index (κ3) is 4.19. The third-order valence-electron chi connectivity index (χ3n) is 6.64. The van der Waals surface area contributed by atoms with Crippen LogP contribution in [0.15, 0.2) is 18.5 Å². The lowest BCUT2D eigenvalue weighted by Crippen LogP contribution is -2.42. The maximum absolute atomic E-state index is 12.8. The molecule has 0 bridgehead atoms. The number of hydrogen-bond acceptors (Lipinski definition) is 7. The first-order chi connectivity index (χ1) is 15.0. The average Bonchev–Trinajstić information content (AvgIpc) is 3.49. The van der Waals surface area contributed by atoms with Crippen LogP contribution in [0.25, 0.3) is 16.8 Å². The van der Waals surface area contributed by atoms with Gasteiger partial charge in [-0.1, -0.05) is 13.3 Å². The van der Waals surface area contributed by atoms with Crippen molar-refractivity contribution < 1.29 is 13.2 Å². The maximum atomic E-state index is 12.8. The SMILES string of the molecule is CC[C@@H]1C[C@H](NS(=O)(=O)CCN2CCOCC2)C[C@@H]1c1nnc2cnc3[nH]ccc3n12. The van der Waals surface area contributed by atoms with Crippen LogP contribution in [0.3, 0.4) is 0 Å². The van der Waals surface area contributed by atoms with E-state index in [1.165, 1.54) is 0 Å². The summed E-state index contributed by atoms with van der Waals surface area (Å²) in [5, 5.41) is 8.82. The lowest BCUT2D eigenvalue weighted by molar-refractivity contribution is 0.0408. The Bertz CT molecular complexity index is 1150. The lowest BCUT2D eigenvalue weighted by atomic mass is 9.93. The van der Waals surface area contributed by atoms with Gasteiger partial charge in [0.2, 0.25) is 10.0 Å². The number of aromatic amines is 1. The molecule has 2 aliphatic rings. The van der Waals surface area contributed by atoms with Gasteiger partial charge in [-0.05, 0) is 24.8 Å². The molecule has 0 spiro atoms. The number of nitrogens with one attached hydrogen (secondary N) is 2. The Morgan fingerprint density at radius 2 is 2.10 bits per heavy atom. The van der Waals surface area contributed by atoms with E-state index in [0.29, 0.717) is 31.3 Å². The lowest BCUT2D eigenvalue weighted by Gasteiger charge is -2.26. The number of ether oxygens (including phenoxy) is 1. The Labute approximate surface area is 181 Å². The second-order valence-electron chi connectivity index (χ2n) is 8.56. The zero-order valence-corrected chi connectivity index (χ0v) is 18.5. The van der Waals surface area contributed by atoms with Crippen LogP contribution in [-0.4, -0.2) is 82.5 Å². The highest BCUT2D eigenvalue weighted by Gasteiger charge is 2.38. The topological polar surface area (TPSA) is 118 Å². The summed E-state index contributed by atoms with van der Waals surface area (Å²) >= 11 is 0. The standard InChI is InChI=1S/C20H29N7O3S/c1-2-14-11-15(25-31(28,29)10-7-26-5-8-30-9-6-26)12-16(14)20-24-23-18-13-22-19-17(27(18)20)3-4-21-19/h3-4,13-16,21,25H,2,5-12H2,1H3/t14-,15+,16+/m1/s1. The largest absolute Gasteiger partial charge is 0.379 e. The molecule has 0 aromatic carbocycles. The first-order valence-electron chi connectivity index (χ1n) is 11.0. The maximum Gasteiger partial charge on any atom is 0.213 e. The number of morpholine rings is 1. The molecule has 2 fully saturated rings. The molecule has 1 saturated heterocycles. The van der Waals surface area contributed by atoms with E-state index in [4.69, 9.17) is 4.74 Å². The van der Waals surface area contributed by atoms with Crippen LogP contribution in [0, 0.1) is 5.92 Å². The summed E-state index contributed by atoms with van der Waals surface area (Å²) in [6.45, 7) is 5.63. The van der Waals surface area contributed by atoms with Crippen molar-refractivity contribution in [2.45, 2.75) is 38.1 Å². The molecular formula is C20H29N7O3S. The van der Waals surface area contributed by atoms with E-state index in [2.05, 4.69) is 41.1 Å². The smallest absolute Gasteiger partial charge is 0.213 e. The van der Waals surface area contributed by atoms with Crippen LogP contribution >= 0.6 is 0 Å². The molecule has 2 N–H and O–H groups in total. The Hall–Kier alpha value is -2.08. The normalized spacial score (nSPS) is 25.6.